The van der Waals surface area contributed by atoms with E-state index in [0.717, 1.165) is 0 Å². The Kier molecular flexibility index (Phi) is 8.60. The third-order valence-electron chi connectivity index (χ3n) is 3.10. The quantitative estimate of drug-likeness (QED) is 0.504. The Morgan fingerprint density at radius 1 is 1.00 bits per heavy atom. The fourth-order valence-corrected chi connectivity index (χ4v) is 1.96. The number of carbonyl (C=O) groups excluding carboxylic acids is 3. The van der Waals surface area contributed by atoms with Crippen molar-refractivity contribution in [3.8, 4) is 0 Å². The van der Waals surface area contributed by atoms with Gasteiger partial charge in [-0.15, -0.1) is 0 Å². The summed E-state index contributed by atoms with van der Waals surface area (Å²) in [4.78, 5) is 35.8. The van der Waals surface area contributed by atoms with Crippen molar-refractivity contribution in [1.82, 2.24) is 10.6 Å². The average Bonchev–Trinajstić information content (AvgIpc) is 2.46. The number of nitrogens with one attached hydrogen (secondary N) is 2. The SMILES string of the molecule is CNCC[C@](CCC(=O)OC)(NC(=O)OC(C)(C)C)C(=O)OC. The molecule has 0 aromatic carbocycles. The predicted molar refractivity (Wildman–Crippen MR) is 83.9 cm³/mol. The summed E-state index contributed by atoms with van der Waals surface area (Å²) in [6, 6.07) is 0. The second-order valence-corrected chi connectivity index (χ2v) is 6.13. The zero-order valence-electron chi connectivity index (χ0n) is 14.8. The van der Waals surface area contributed by atoms with Crippen LogP contribution in [-0.2, 0) is 23.8 Å². The van der Waals surface area contributed by atoms with Crippen LogP contribution in [0.25, 0.3) is 0 Å². The molecular formula is C15H28N2O6. The smallest absolute Gasteiger partial charge is 0.408 e. The van der Waals surface area contributed by atoms with Gasteiger partial charge in [0, 0.05) is 6.42 Å². The second kappa shape index (κ2) is 9.34. The summed E-state index contributed by atoms with van der Waals surface area (Å²) in [5, 5.41) is 5.48. The molecule has 134 valence electrons. The molecule has 0 aliphatic heterocycles. The fraction of sp³-hybridized carbons (Fsp3) is 0.800. The highest BCUT2D eigenvalue weighted by Gasteiger charge is 2.42. The summed E-state index contributed by atoms with van der Waals surface area (Å²) in [6.45, 7) is 5.59. The van der Waals surface area contributed by atoms with Crippen molar-refractivity contribution >= 4 is 18.0 Å². The Bertz CT molecular complexity index is 419. The monoisotopic (exact) mass is 332 g/mol. The third kappa shape index (κ3) is 7.83. The summed E-state index contributed by atoms with van der Waals surface area (Å²) in [5.41, 5.74) is -2.08. The maximum atomic E-state index is 12.3. The van der Waals surface area contributed by atoms with E-state index in [2.05, 4.69) is 15.4 Å². The van der Waals surface area contributed by atoms with Gasteiger partial charge in [-0.2, -0.15) is 0 Å². The van der Waals surface area contributed by atoms with Gasteiger partial charge < -0.3 is 24.8 Å². The van der Waals surface area contributed by atoms with Crippen LogP contribution in [0.15, 0.2) is 0 Å². The summed E-state index contributed by atoms with van der Waals surface area (Å²) in [5.74, 6) is -1.11. The molecule has 0 saturated heterocycles. The molecule has 1 atom stereocenters. The van der Waals surface area contributed by atoms with Gasteiger partial charge in [0.2, 0.25) is 0 Å². The van der Waals surface area contributed by atoms with Crippen molar-refractivity contribution in [2.24, 2.45) is 0 Å². The molecule has 8 nitrogen and oxygen atoms in total. The highest BCUT2D eigenvalue weighted by atomic mass is 16.6. The van der Waals surface area contributed by atoms with Crippen molar-refractivity contribution < 1.29 is 28.6 Å². The van der Waals surface area contributed by atoms with E-state index < -0.39 is 29.2 Å². The topological polar surface area (TPSA) is 103 Å². The molecule has 0 aliphatic carbocycles. The first-order valence-corrected chi connectivity index (χ1v) is 7.41. The minimum atomic E-state index is -1.37. The predicted octanol–water partition coefficient (Wildman–Crippen LogP) is 0.986. The number of hydrogen-bond acceptors (Lipinski definition) is 7. The van der Waals surface area contributed by atoms with Crippen LogP contribution in [0, 0.1) is 0 Å². The summed E-state index contributed by atoms with van der Waals surface area (Å²) < 4.78 is 14.6. The van der Waals surface area contributed by atoms with Gasteiger partial charge in [0.05, 0.1) is 14.2 Å². The van der Waals surface area contributed by atoms with Crippen LogP contribution in [0.1, 0.15) is 40.0 Å². The first-order valence-electron chi connectivity index (χ1n) is 7.41. The molecule has 0 saturated carbocycles. The number of carbonyl (C=O) groups is 3. The lowest BCUT2D eigenvalue weighted by Gasteiger charge is -2.32. The van der Waals surface area contributed by atoms with Gasteiger partial charge in [-0.3, -0.25) is 4.79 Å². The summed E-state index contributed by atoms with van der Waals surface area (Å²) >= 11 is 0. The molecule has 23 heavy (non-hydrogen) atoms. The number of rotatable bonds is 8. The lowest BCUT2D eigenvalue weighted by Crippen LogP contribution is -2.57. The van der Waals surface area contributed by atoms with Gasteiger partial charge in [-0.25, -0.2) is 9.59 Å². The van der Waals surface area contributed by atoms with Crippen LogP contribution in [0.5, 0.6) is 0 Å². The second-order valence-electron chi connectivity index (χ2n) is 6.13. The van der Waals surface area contributed by atoms with Crippen LogP contribution in [0.4, 0.5) is 4.79 Å². The molecule has 0 spiro atoms. The zero-order chi connectivity index (χ0) is 18.1. The molecular weight excluding hydrogens is 304 g/mol. The number of alkyl carbamates (subject to hydrolysis) is 1. The molecule has 0 aliphatic rings. The lowest BCUT2D eigenvalue weighted by molar-refractivity contribution is -0.150. The number of ether oxygens (including phenoxy) is 3. The molecule has 0 heterocycles. The minimum absolute atomic E-state index is 0.0366. The van der Waals surface area contributed by atoms with Gasteiger partial charge in [0.25, 0.3) is 0 Å². The molecule has 1 amide bonds. The van der Waals surface area contributed by atoms with Gasteiger partial charge in [-0.1, -0.05) is 0 Å². The van der Waals surface area contributed by atoms with Crippen molar-refractivity contribution in [2.75, 3.05) is 27.8 Å². The van der Waals surface area contributed by atoms with Crippen molar-refractivity contribution in [3.05, 3.63) is 0 Å². The van der Waals surface area contributed by atoms with E-state index in [1.165, 1.54) is 14.2 Å². The number of hydrogen-bond donors (Lipinski definition) is 2. The maximum Gasteiger partial charge on any atom is 0.408 e. The van der Waals surface area contributed by atoms with E-state index in [1.807, 2.05) is 0 Å². The highest BCUT2D eigenvalue weighted by Crippen LogP contribution is 2.21. The van der Waals surface area contributed by atoms with Crippen LogP contribution in [0.2, 0.25) is 0 Å². The van der Waals surface area contributed by atoms with Gasteiger partial charge in [0.1, 0.15) is 11.1 Å². The van der Waals surface area contributed by atoms with Gasteiger partial charge in [0.15, 0.2) is 0 Å². The molecule has 2 N–H and O–H groups in total. The van der Waals surface area contributed by atoms with E-state index in [4.69, 9.17) is 9.47 Å². The first-order chi connectivity index (χ1) is 10.6. The largest absolute Gasteiger partial charge is 0.469 e. The fourth-order valence-electron chi connectivity index (χ4n) is 1.96. The van der Waals surface area contributed by atoms with Crippen molar-refractivity contribution in [2.45, 2.75) is 51.2 Å². The van der Waals surface area contributed by atoms with E-state index in [0.29, 0.717) is 6.54 Å². The van der Waals surface area contributed by atoms with E-state index in [1.54, 1.807) is 27.8 Å². The minimum Gasteiger partial charge on any atom is -0.469 e. The Balaban J connectivity index is 5.30. The van der Waals surface area contributed by atoms with E-state index >= 15 is 0 Å². The lowest BCUT2D eigenvalue weighted by atomic mass is 9.89. The Hall–Kier alpha value is -1.83. The van der Waals surface area contributed by atoms with E-state index in [-0.39, 0.29) is 19.3 Å². The summed E-state index contributed by atoms with van der Waals surface area (Å²) in [6.07, 6.45) is -0.492. The zero-order valence-corrected chi connectivity index (χ0v) is 14.8. The van der Waals surface area contributed by atoms with Crippen LogP contribution < -0.4 is 10.6 Å². The van der Waals surface area contributed by atoms with Crippen LogP contribution >= 0.6 is 0 Å². The highest BCUT2D eigenvalue weighted by molar-refractivity contribution is 5.86. The molecule has 0 unspecified atom stereocenters. The summed E-state index contributed by atoms with van der Waals surface area (Å²) in [7, 11) is 4.21. The molecule has 0 rings (SSSR count). The van der Waals surface area contributed by atoms with Crippen LogP contribution in [-0.4, -0.2) is 57.0 Å². The van der Waals surface area contributed by atoms with E-state index in [9.17, 15) is 14.4 Å². The van der Waals surface area contributed by atoms with Gasteiger partial charge in [-0.05, 0) is 47.2 Å². The molecule has 0 fully saturated rings. The molecule has 0 aromatic heterocycles. The Morgan fingerprint density at radius 3 is 2.04 bits per heavy atom. The third-order valence-corrected chi connectivity index (χ3v) is 3.10. The number of amides is 1. The normalized spacial score (nSPS) is 13.7. The molecule has 0 radical (unpaired) electrons. The van der Waals surface area contributed by atoms with Crippen molar-refractivity contribution in [3.63, 3.8) is 0 Å². The molecule has 8 heteroatoms. The standard InChI is InChI=1S/C15H28N2O6/c1-14(2,3)23-13(20)17-15(9-10-16-4,12(19)22-6)8-7-11(18)21-5/h16H,7-10H2,1-6H3,(H,17,20)/t15-/m0/s1. The van der Waals surface area contributed by atoms with Gasteiger partial charge >= 0.3 is 18.0 Å². The molecule has 0 bridgehead atoms. The maximum absolute atomic E-state index is 12.3. The number of esters is 2. The Labute approximate surface area is 137 Å². The first kappa shape index (κ1) is 21.2. The van der Waals surface area contributed by atoms with Crippen LogP contribution in [0.3, 0.4) is 0 Å². The average molecular weight is 332 g/mol. The Morgan fingerprint density at radius 2 is 1.61 bits per heavy atom. The number of methoxy groups -OCH3 is 2. The van der Waals surface area contributed by atoms with Crippen molar-refractivity contribution in [1.29, 1.82) is 0 Å². The molecule has 0 aromatic rings.